The van der Waals surface area contributed by atoms with E-state index in [-0.39, 0.29) is 0 Å². The number of rotatable bonds is 2. The van der Waals surface area contributed by atoms with Gasteiger partial charge in [0.05, 0.1) is 13.4 Å². The summed E-state index contributed by atoms with van der Waals surface area (Å²) in [5.74, 6) is 0. The van der Waals surface area contributed by atoms with Gasteiger partial charge in [-0.2, -0.15) is 0 Å². The average Bonchev–Trinajstić information content (AvgIpc) is 1.62. The summed E-state index contributed by atoms with van der Waals surface area (Å²) in [4.78, 5) is 0. The van der Waals surface area contributed by atoms with Gasteiger partial charge >= 0.3 is 0 Å². The van der Waals surface area contributed by atoms with Gasteiger partial charge in [-0.1, -0.05) is 0 Å². The molecule has 0 aromatic heterocycles. The van der Waals surface area contributed by atoms with Gasteiger partial charge in [0.2, 0.25) is 0 Å². The predicted molar refractivity (Wildman–Crippen MR) is 30.0 cm³/mol. The molecule has 0 rings (SSSR count). The van der Waals surface area contributed by atoms with Crippen molar-refractivity contribution in [3.8, 4) is 0 Å². The summed E-state index contributed by atoms with van der Waals surface area (Å²) >= 11 is 0. The van der Waals surface area contributed by atoms with Crippen LogP contribution in [0.25, 0.3) is 0 Å². The standard InChI is InChI=1S/C2H6O4S2/c1-6-7(3)8(2,4)5/h1-2H3. The Balaban J connectivity index is 4.29. The van der Waals surface area contributed by atoms with Gasteiger partial charge in [0.15, 0.2) is 0 Å². The van der Waals surface area contributed by atoms with Crippen LogP contribution in [0.15, 0.2) is 0 Å². The molecule has 0 fully saturated rings. The van der Waals surface area contributed by atoms with Crippen LogP contribution in [0.5, 0.6) is 0 Å². The second-order valence-corrected chi connectivity index (χ2v) is 5.86. The van der Waals surface area contributed by atoms with Crippen LogP contribution in [0.3, 0.4) is 0 Å². The summed E-state index contributed by atoms with van der Waals surface area (Å²) in [6, 6.07) is 0. The molecule has 0 saturated heterocycles. The van der Waals surface area contributed by atoms with Crippen LogP contribution in [0.1, 0.15) is 0 Å². The van der Waals surface area contributed by atoms with Crippen LogP contribution in [0.2, 0.25) is 0 Å². The largest absolute Gasteiger partial charge is 0.282 e. The molecule has 0 saturated carbocycles. The minimum Gasteiger partial charge on any atom is -0.282 e. The van der Waals surface area contributed by atoms with E-state index in [0.29, 0.717) is 0 Å². The maximum Gasteiger partial charge on any atom is 0.276 e. The molecule has 0 amide bonds. The molecule has 0 aliphatic rings. The zero-order valence-corrected chi connectivity index (χ0v) is 6.08. The molecule has 0 aliphatic carbocycles. The monoisotopic (exact) mass is 158 g/mol. The van der Waals surface area contributed by atoms with E-state index in [0.717, 1.165) is 13.4 Å². The lowest BCUT2D eigenvalue weighted by molar-refractivity contribution is 0.453. The van der Waals surface area contributed by atoms with Gasteiger partial charge in [0, 0.05) is 0 Å². The Morgan fingerprint density at radius 2 is 1.88 bits per heavy atom. The highest BCUT2D eigenvalue weighted by Crippen LogP contribution is 1.91. The van der Waals surface area contributed by atoms with E-state index in [1.165, 1.54) is 0 Å². The lowest BCUT2D eigenvalue weighted by atomic mass is 11.8. The van der Waals surface area contributed by atoms with Crippen LogP contribution in [-0.4, -0.2) is 26.0 Å². The molecule has 0 heterocycles. The molecule has 0 aliphatic heterocycles. The third-order valence-corrected chi connectivity index (χ3v) is 3.04. The number of hydrogen-bond donors (Lipinski definition) is 0. The first-order valence-electron chi connectivity index (χ1n) is 1.65. The maximum absolute atomic E-state index is 10.1. The van der Waals surface area contributed by atoms with Gasteiger partial charge in [0.25, 0.3) is 19.0 Å². The van der Waals surface area contributed by atoms with Gasteiger partial charge in [-0.3, -0.25) is 4.18 Å². The highest BCUT2D eigenvalue weighted by Gasteiger charge is 2.10. The minimum atomic E-state index is -3.50. The van der Waals surface area contributed by atoms with E-state index >= 15 is 0 Å². The Morgan fingerprint density at radius 1 is 1.50 bits per heavy atom. The third-order valence-electron chi connectivity index (χ3n) is 0.383. The molecule has 0 radical (unpaired) electrons. The second kappa shape index (κ2) is 2.56. The number of hydrogen-bond acceptors (Lipinski definition) is 4. The Kier molecular flexibility index (Phi) is 2.58. The smallest absolute Gasteiger partial charge is 0.276 e. The zero-order chi connectivity index (χ0) is 6.78. The van der Waals surface area contributed by atoms with E-state index in [1.807, 2.05) is 0 Å². The van der Waals surface area contributed by atoms with Gasteiger partial charge in [0.1, 0.15) is 0 Å². The molecule has 0 spiro atoms. The molecular weight excluding hydrogens is 152 g/mol. The van der Waals surface area contributed by atoms with Gasteiger partial charge < -0.3 is 0 Å². The Bertz CT molecular complexity index is 178. The highest BCUT2D eigenvalue weighted by molar-refractivity contribution is 8.62. The minimum absolute atomic E-state index is 0.840. The molecule has 1 unspecified atom stereocenters. The fraction of sp³-hybridized carbons (Fsp3) is 1.00. The normalized spacial score (nSPS) is 15.8. The highest BCUT2D eigenvalue weighted by atomic mass is 33.2. The lowest BCUT2D eigenvalue weighted by Crippen LogP contribution is -2.05. The van der Waals surface area contributed by atoms with Crippen LogP contribution < -0.4 is 0 Å². The van der Waals surface area contributed by atoms with Gasteiger partial charge in [-0.25, -0.2) is 12.6 Å². The fourth-order valence-corrected chi connectivity index (χ4v) is 1.11. The first kappa shape index (κ1) is 8.06. The predicted octanol–water partition coefficient (Wildman–Crippen LogP) is -0.744. The van der Waals surface area contributed by atoms with Crippen molar-refractivity contribution >= 4 is 19.0 Å². The first-order valence-corrected chi connectivity index (χ1v) is 5.13. The van der Waals surface area contributed by atoms with Gasteiger partial charge in [-0.05, 0) is 0 Å². The molecule has 1 atom stereocenters. The van der Waals surface area contributed by atoms with Crippen molar-refractivity contribution in [1.29, 1.82) is 0 Å². The Morgan fingerprint density at radius 3 is 1.88 bits per heavy atom. The topological polar surface area (TPSA) is 60.4 Å². The van der Waals surface area contributed by atoms with E-state index in [1.54, 1.807) is 0 Å². The van der Waals surface area contributed by atoms with Crippen molar-refractivity contribution in [1.82, 2.24) is 0 Å². The van der Waals surface area contributed by atoms with Crippen LogP contribution in [0, 0.1) is 0 Å². The van der Waals surface area contributed by atoms with Crippen molar-refractivity contribution in [3.63, 3.8) is 0 Å². The van der Waals surface area contributed by atoms with Crippen molar-refractivity contribution < 1.29 is 16.8 Å². The molecular formula is C2H6O4S2. The van der Waals surface area contributed by atoms with Crippen molar-refractivity contribution in [3.05, 3.63) is 0 Å². The van der Waals surface area contributed by atoms with Crippen molar-refractivity contribution in [2.45, 2.75) is 0 Å². The maximum atomic E-state index is 10.1. The molecule has 0 N–H and O–H groups in total. The SMILES string of the molecule is COS(=O)S(C)(=O)=O. The molecule has 0 bridgehead atoms. The molecule has 8 heavy (non-hydrogen) atoms. The average molecular weight is 158 g/mol. The van der Waals surface area contributed by atoms with Crippen LogP contribution >= 0.6 is 0 Å². The summed E-state index contributed by atoms with van der Waals surface area (Å²) in [5.41, 5.74) is 0. The molecule has 6 heteroatoms. The van der Waals surface area contributed by atoms with Crippen molar-refractivity contribution in [2.24, 2.45) is 0 Å². The Hall–Kier alpha value is 0.0600. The van der Waals surface area contributed by atoms with Crippen LogP contribution in [-0.2, 0) is 23.2 Å². The summed E-state index contributed by atoms with van der Waals surface area (Å²) in [7, 11) is -4.61. The third kappa shape index (κ3) is 2.39. The van der Waals surface area contributed by atoms with E-state index in [4.69, 9.17) is 0 Å². The molecule has 0 aromatic rings. The lowest BCUT2D eigenvalue weighted by Gasteiger charge is -1.89. The zero-order valence-electron chi connectivity index (χ0n) is 4.45. The second-order valence-electron chi connectivity index (χ2n) is 1.07. The van der Waals surface area contributed by atoms with E-state index in [9.17, 15) is 12.6 Å². The first-order chi connectivity index (χ1) is 3.48. The van der Waals surface area contributed by atoms with E-state index < -0.39 is 19.0 Å². The molecule has 4 nitrogen and oxygen atoms in total. The van der Waals surface area contributed by atoms with Gasteiger partial charge in [-0.15, -0.1) is 0 Å². The fourth-order valence-electron chi connectivity index (χ4n) is 0.124. The van der Waals surface area contributed by atoms with Crippen LogP contribution in [0.4, 0.5) is 0 Å². The molecule has 0 aromatic carbocycles. The summed E-state index contributed by atoms with van der Waals surface area (Å²) in [6.07, 6.45) is 0.840. The molecule has 50 valence electrons. The summed E-state index contributed by atoms with van der Waals surface area (Å²) in [5, 5.41) is 0. The van der Waals surface area contributed by atoms with Crippen molar-refractivity contribution in [2.75, 3.05) is 13.4 Å². The summed E-state index contributed by atoms with van der Waals surface area (Å²) < 4.78 is 34.4. The quantitative estimate of drug-likeness (QED) is 0.496. The van der Waals surface area contributed by atoms with E-state index in [2.05, 4.69) is 4.18 Å². The summed E-state index contributed by atoms with van der Waals surface area (Å²) in [6.45, 7) is 0. The Labute approximate surface area is 49.8 Å².